The van der Waals surface area contributed by atoms with Crippen LogP contribution in [0, 0.1) is 5.92 Å². The van der Waals surface area contributed by atoms with Gasteiger partial charge in [-0.1, -0.05) is 18.2 Å². The van der Waals surface area contributed by atoms with Crippen molar-refractivity contribution in [2.24, 2.45) is 5.92 Å². The fourth-order valence-electron chi connectivity index (χ4n) is 5.36. The number of carbonyl (C=O) groups is 2. The van der Waals surface area contributed by atoms with Crippen LogP contribution in [0.25, 0.3) is 10.9 Å². The second-order valence-electron chi connectivity index (χ2n) is 9.67. The van der Waals surface area contributed by atoms with Gasteiger partial charge in [0, 0.05) is 29.0 Å². The summed E-state index contributed by atoms with van der Waals surface area (Å²) in [6.07, 6.45) is 6.36. The number of pyridine rings is 2. The standard InChI is InChI=1S/C31H28N4O5/c1-38-27-16-22-24(17-28(27)39-2)32-14-13-26(22)40-21-11-12-29(33-18-21)34-30(36)23-15-19-7-6-10-25(19)35(31(23)37)20-8-4-3-5-9-20/h3-5,8-9,11-14,16-18,23H,6-7,10,15H2,1-2H3,(H,33,34,36). The molecule has 6 rings (SSSR count). The molecule has 2 aliphatic rings. The molecule has 9 nitrogen and oxygen atoms in total. The van der Waals surface area contributed by atoms with E-state index in [0.717, 1.165) is 36.0 Å². The van der Waals surface area contributed by atoms with Crippen LogP contribution in [0.5, 0.6) is 23.0 Å². The van der Waals surface area contributed by atoms with Crippen LogP contribution in [0.4, 0.5) is 11.5 Å². The number of ether oxygens (including phenoxy) is 3. The molecule has 0 bridgehead atoms. The third-order valence-corrected chi connectivity index (χ3v) is 7.29. The number of nitrogens with zero attached hydrogens (tertiary/aromatic N) is 3. The molecule has 3 heterocycles. The molecule has 1 aliphatic carbocycles. The number of nitrogens with one attached hydrogen (secondary N) is 1. The van der Waals surface area contributed by atoms with Crippen molar-refractivity contribution in [1.29, 1.82) is 0 Å². The lowest BCUT2D eigenvalue weighted by atomic mass is 9.91. The van der Waals surface area contributed by atoms with Gasteiger partial charge in [0.25, 0.3) is 0 Å². The number of amides is 2. The van der Waals surface area contributed by atoms with Crippen LogP contribution in [0.2, 0.25) is 0 Å². The molecule has 202 valence electrons. The summed E-state index contributed by atoms with van der Waals surface area (Å²) in [5.41, 5.74) is 3.70. The quantitative estimate of drug-likeness (QED) is 0.295. The van der Waals surface area contributed by atoms with Gasteiger partial charge in [0.2, 0.25) is 11.8 Å². The molecular weight excluding hydrogens is 508 g/mol. The van der Waals surface area contributed by atoms with Gasteiger partial charge in [0.05, 0.1) is 25.9 Å². The molecule has 0 fully saturated rings. The van der Waals surface area contributed by atoms with E-state index in [2.05, 4.69) is 15.3 Å². The Bertz CT molecular complexity index is 1620. The van der Waals surface area contributed by atoms with Crippen LogP contribution in [0.3, 0.4) is 0 Å². The van der Waals surface area contributed by atoms with Crippen LogP contribution < -0.4 is 24.4 Å². The van der Waals surface area contributed by atoms with Crippen LogP contribution >= 0.6 is 0 Å². The first-order valence-electron chi connectivity index (χ1n) is 13.1. The first kappa shape index (κ1) is 25.4. The highest BCUT2D eigenvalue weighted by Gasteiger charge is 2.40. The maximum absolute atomic E-state index is 13.5. The lowest BCUT2D eigenvalue weighted by Crippen LogP contribution is -2.44. The van der Waals surface area contributed by atoms with Crippen molar-refractivity contribution in [1.82, 2.24) is 9.97 Å². The highest BCUT2D eigenvalue weighted by Crippen LogP contribution is 2.41. The van der Waals surface area contributed by atoms with Gasteiger partial charge in [-0.25, -0.2) is 4.98 Å². The SMILES string of the molecule is COc1cc2nccc(Oc3ccc(NC(=O)C4CC5=C(CCC5)N(c5ccccc5)C4=O)nc3)c2cc1OC. The molecule has 1 aliphatic heterocycles. The van der Waals surface area contributed by atoms with E-state index in [9.17, 15) is 9.59 Å². The van der Waals surface area contributed by atoms with Crippen LogP contribution in [-0.2, 0) is 9.59 Å². The van der Waals surface area contributed by atoms with Crippen molar-refractivity contribution in [2.75, 3.05) is 24.4 Å². The molecule has 0 radical (unpaired) electrons. The van der Waals surface area contributed by atoms with Gasteiger partial charge in [-0.3, -0.25) is 19.5 Å². The molecular formula is C31H28N4O5. The maximum atomic E-state index is 13.5. The Morgan fingerprint density at radius 1 is 0.950 bits per heavy atom. The number of rotatable bonds is 7. The van der Waals surface area contributed by atoms with Crippen LogP contribution in [0.1, 0.15) is 25.7 Å². The molecule has 1 atom stereocenters. The zero-order valence-corrected chi connectivity index (χ0v) is 22.2. The number of para-hydroxylation sites is 1. The van der Waals surface area contributed by atoms with Crippen molar-refractivity contribution in [3.63, 3.8) is 0 Å². The molecule has 9 heteroatoms. The van der Waals surface area contributed by atoms with Gasteiger partial charge in [-0.2, -0.15) is 0 Å². The lowest BCUT2D eigenvalue weighted by molar-refractivity contribution is -0.131. The second kappa shape index (κ2) is 10.7. The Morgan fingerprint density at radius 2 is 1.75 bits per heavy atom. The van der Waals surface area contributed by atoms with E-state index in [4.69, 9.17) is 14.2 Å². The molecule has 2 amide bonds. The number of hydrogen-bond donors (Lipinski definition) is 1. The summed E-state index contributed by atoms with van der Waals surface area (Å²) in [6.45, 7) is 0. The Labute approximate surface area is 231 Å². The summed E-state index contributed by atoms with van der Waals surface area (Å²) in [7, 11) is 3.14. The lowest BCUT2D eigenvalue weighted by Gasteiger charge is -2.33. The van der Waals surface area contributed by atoms with E-state index in [1.54, 1.807) is 49.6 Å². The summed E-state index contributed by atoms with van der Waals surface area (Å²) >= 11 is 0. The van der Waals surface area contributed by atoms with Crippen LogP contribution in [0.15, 0.2) is 84.3 Å². The second-order valence-corrected chi connectivity index (χ2v) is 9.67. The Hall–Kier alpha value is -4.92. The fraction of sp³-hybridized carbons (Fsp3) is 0.226. The largest absolute Gasteiger partial charge is 0.493 e. The number of aromatic nitrogens is 2. The minimum Gasteiger partial charge on any atom is -0.493 e. The number of allylic oxidation sites excluding steroid dienone is 2. The highest BCUT2D eigenvalue weighted by molar-refractivity contribution is 6.14. The number of anilines is 2. The van der Waals surface area contributed by atoms with Gasteiger partial charge in [0.15, 0.2) is 11.5 Å². The Morgan fingerprint density at radius 3 is 2.50 bits per heavy atom. The monoisotopic (exact) mass is 536 g/mol. The maximum Gasteiger partial charge on any atom is 0.244 e. The Balaban J connectivity index is 1.19. The first-order chi connectivity index (χ1) is 19.6. The van der Waals surface area contributed by atoms with E-state index in [-0.39, 0.29) is 11.8 Å². The third kappa shape index (κ3) is 4.70. The van der Waals surface area contributed by atoms with Crippen molar-refractivity contribution < 1.29 is 23.8 Å². The predicted octanol–water partition coefficient (Wildman–Crippen LogP) is 5.87. The van der Waals surface area contributed by atoms with Gasteiger partial charge in [-0.05, 0) is 67.7 Å². The van der Waals surface area contributed by atoms with Gasteiger partial charge >= 0.3 is 0 Å². The summed E-state index contributed by atoms with van der Waals surface area (Å²) in [5, 5.41) is 3.57. The number of benzene rings is 2. The molecule has 1 N–H and O–H groups in total. The normalized spacial score (nSPS) is 16.6. The molecule has 40 heavy (non-hydrogen) atoms. The third-order valence-electron chi connectivity index (χ3n) is 7.29. The summed E-state index contributed by atoms with van der Waals surface area (Å²) in [5.74, 6) is 1.13. The Kier molecular flexibility index (Phi) is 6.77. The molecule has 0 saturated heterocycles. The minimum absolute atomic E-state index is 0.207. The van der Waals surface area contributed by atoms with Crippen molar-refractivity contribution in [3.8, 4) is 23.0 Å². The van der Waals surface area contributed by atoms with Gasteiger partial charge in [-0.15, -0.1) is 0 Å². The average molecular weight is 537 g/mol. The average Bonchev–Trinajstić information content (AvgIpc) is 3.46. The van der Waals surface area contributed by atoms with Crippen molar-refractivity contribution in [2.45, 2.75) is 25.7 Å². The molecule has 1 unspecified atom stereocenters. The van der Waals surface area contributed by atoms with E-state index in [1.165, 1.54) is 11.8 Å². The first-order valence-corrected chi connectivity index (χ1v) is 13.1. The molecule has 4 aromatic rings. The predicted molar refractivity (Wildman–Crippen MR) is 151 cm³/mol. The molecule has 2 aromatic carbocycles. The van der Waals surface area contributed by atoms with E-state index in [1.807, 2.05) is 36.4 Å². The topological polar surface area (TPSA) is 103 Å². The number of fused-ring (bicyclic) bond motifs is 1. The van der Waals surface area contributed by atoms with E-state index < -0.39 is 5.92 Å². The van der Waals surface area contributed by atoms with Gasteiger partial charge < -0.3 is 19.5 Å². The smallest absolute Gasteiger partial charge is 0.244 e. The number of carbonyl (C=O) groups excluding carboxylic acids is 2. The molecule has 2 aromatic heterocycles. The minimum atomic E-state index is -0.815. The summed E-state index contributed by atoms with van der Waals surface area (Å²) in [4.78, 5) is 37.3. The summed E-state index contributed by atoms with van der Waals surface area (Å²) < 4.78 is 16.9. The number of hydrogen-bond acceptors (Lipinski definition) is 7. The van der Waals surface area contributed by atoms with Crippen molar-refractivity contribution in [3.05, 3.63) is 84.3 Å². The van der Waals surface area contributed by atoms with E-state index >= 15 is 0 Å². The number of methoxy groups -OCH3 is 2. The summed E-state index contributed by atoms with van der Waals surface area (Å²) in [6, 6.07) is 18.2. The van der Waals surface area contributed by atoms with Crippen molar-refractivity contribution >= 4 is 34.2 Å². The fourth-order valence-corrected chi connectivity index (χ4v) is 5.36. The molecule has 0 spiro atoms. The van der Waals surface area contributed by atoms with Gasteiger partial charge in [0.1, 0.15) is 23.2 Å². The highest BCUT2D eigenvalue weighted by atomic mass is 16.5. The van der Waals surface area contributed by atoms with E-state index in [0.29, 0.717) is 40.8 Å². The zero-order valence-electron chi connectivity index (χ0n) is 22.2. The van der Waals surface area contributed by atoms with Crippen LogP contribution in [-0.4, -0.2) is 36.0 Å². The molecule has 0 saturated carbocycles. The zero-order chi connectivity index (χ0) is 27.6.